The van der Waals surface area contributed by atoms with Crippen LogP contribution in [0.4, 0.5) is 4.39 Å². The molecule has 0 unspecified atom stereocenters. The number of halogens is 2. The maximum atomic E-state index is 13.4. The Morgan fingerprint density at radius 3 is 2.94 bits per heavy atom. The van der Waals surface area contributed by atoms with Gasteiger partial charge in [-0.15, -0.1) is 0 Å². The highest BCUT2D eigenvalue weighted by atomic mass is 79.9. The molecule has 6 heteroatoms. The normalized spacial score (nSPS) is 10.6. The van der Waals surface area contributed by atoms with E-state index in [0.717, 1.165) is 10.3 Å². The summed E-state index contributed by atoms with van der Waals surface area (Å²) < 4.78 is 14.2. The van der Waals surface area contributed by atoms with Crippen molar-refractivity contribution in [1.82, 2.24) is 20.5 Å². The molecule has 2 N–H and O–H groups in total. The lowest BCUT2D eigenvalue weighted by Crippen LogP contribution is -2.14. The standard InChI is InChI=1S/C10H10BrFN4/c11-8-2-1-7(9(12)3-8)4-13-5-10-14-6-15-16-10/h1-3,6,13H,4-5H2,(H,14,15,16). The fraction of sp³-hybridized carbons (Fsp3) is 0.200. The van der Waals surface area contributed by atoms with Crippen LogP contribution in [0.3, 0.4) is 0 Å². The third-order valence-electron chi connectivity index (χ3n) is 2.09. The zero-order valence-electron chi connectivity index (χ0n) is 8.37. The van der Waals surface area contributed by atoms with E-state index in [9.17, 15) is 4.39 Å². The van der Waals surface area contributed by atoms with Gasteiger partial charge in [0.15, 0.2) is 0 Å². The highest BCUT2D eigenvalue weighted by molar-refractivity contribution is 9.10. The molecule has 16 heavy (non-hydrogen) atoms. The van der Waals surface area contributed by atoms with Crippen LogP contribution < -0.4 is 5.32 Å². The van der Waals surface area contributed by atoms with Crippen molar-refractivity contribution in [2.75, 3.05) is 0 Å². The molecule has 0 bridgehead atoms. The zero-order chi connectivity index (χ0) is 11.4. The SMILES string of the molecule is Fc1cc(Br)ccc1CNCc1ncn[nH]1. The van der Waals surface area contributed by atoms with Gasteiger partial charge in [0.2, 0.25) is 0 Å². The molecule has 0 atom stereocenters. The van der Waals surface area contributed by atoms with Crippen LogP contribution in [0.25, 0.3) is 0 Å². The summed E-state index contributed by atoms with van der Waals surface area (Å²) in [7, 11) is 0. The Bertz CT molecular complexity index is 458. The minimum absolute atomic E-state index is 0.223. The van der Waals surface area contributed by atoms with Crippen LogP contribution in [0.2, 0.25) is 0 Å². The zero-order valence-corrected chi connectivity index (χ0v) is 9.96. The smallest absolute Gasteiger partial charge is 0.138 e. The Morgan fingerprint density at radius 2 is 2.25 bits per heavy atom. The van der Waals surface area contributed by atoms with E-state index in [1.165, 1.54) is 12.4 Å². The van der Waals surface area contributed by atoms with E-state index in [0.29, 0.717) is 18.7 Å². The average molecular weight is 285 g/mol. The fourth-order valence-corrected chi connectivity index (χ4v) is 1.63. The van der Waals surface area contributed by atoms with Crippen LogP contribution in [0.1, 0.15) is 11.4 Å². The van der Waals surface area contributed by atoms with Crippen molar-refractivity contribution in [3.63, 3.8) is 0 Å². The van der Waals surface area contributed by atoms with Gasteiger partial charge in [-0.05, 0) is 12.1 Å². The third kappa shape index (κ3) is 2.86. The van der Waals surface area contributed by atoms with Crippen LogP contribution in [0, 0.1) is 5.82 Å². The Balaban J connectivity index is 1.90. The molecule has 0 radical (unpaired) electrons. The molecule has 0 aliphatic heterocycles. The fourth-order valence-electron chi connectivity index (χ4n) is 1.30. The number of benzene rings is 1. The molecule has 0 aliphatic carbocycles. The van der Waals surface area contributed by atoms with Crippen molar-refractivity contribution >= 4 is 15.9 Å². The van der Waals surface area contributed by atoms with Crippen LogP contribution in [0.5, 0.6) is 0 Å². The highest BCUT2D eigenvalue weighted by Crippen LogP contribution is 2.14. The predicted molar refractivity (Wildman–Crippen MR) is 61.0 cm³/mol. The van der Waals surface area contributed by atoms with Crippen molar-refractivity contribution in [2.24, 2.45) is 0 Å². The van der Waals surface area contributed by atoms with E-state index >= 15 is 0 Å². The Morgan fingerprint density at radius 1 is 1.38 bits per heavy atom. The number of aromatic amines is 1. The van der Waals surface area contributed by atoms with Gasteiger partial charge in [0.05, 0.1) is 6.54 Å². The number of aromatic nitrogens is 3. The molecule has 0 saturated carbocycles. The van der Waals surface area contributed by atoms with Gasteiger partial charge in [-0.1, -0.05) is 22.0 Å². The van der Waals surface area contributed by atoms with E-state index in [1.54, 1.807) is 6.07 Å². The summed E-state index contributed by atoms with van der Waals surface area (Å²) >= 11 is 3.21. The summed E-state index contributed by atoms with van der Waals surface area (Å²) in [4.78, 5) is 3.95. The quantitative estimate of drug-likeness (QED) is 0.903. The van der Waals surface area contributed by atoms with Gasteiger partial charge in [0, 0.05) is 16.6 Å². The second kappa shape index (κ2) is 5.18. The second-order valence-electron chi connectivity index (χ2n) is 3.27. The number of H-pyrrole nitrogens is 1. The molecular weight excluding hydrogens is 275 g/mol. The van der Waals surface area contributed by atoms with Gasteiger partial charge < -0.3 is 5.32 Å². The van der Waals surface area contributed by atoms with Crippen molar-refractivity contribution < 1.29 is 4.39 Å². The van der Waals surface area contributed by atoms with Crippen molar-refractivity contribution in [2.45, 2.75) is 13.1 Å². The molecule has 4 nitrogen and oxygen atoms in total. The number of rotatable bonds is 4. The molecule has 84 valence electrons. The van der Waals surface area contributed by atoms with Crippen molar-refractivity contribution in [3.05, 3.63) is 46.2 Å². The van der Waals surface area contributed by atoms with Crippen LogP contribution in [0.15, 0.2) is 29.0 Å². The molecule has 2 aromatic rings. The Kier molecular flexibility index (Phi) is 3.63. The van der Waals surface area contributed by atoms with E-state index in [4.69, 9.17) is 0 Å². The summed E-state index contributed by atoms with van der Waals surface area (Å²) in [5, 5.41) is 9.52. The highest BCUT2D eigenvalue weighted by Gasteiger charge is 2.02. The lowest BCUT2D eigenvalue weighted by Gasteiger charge is -2.04. The number of hydrogen-bond acceptors (Lipinski definition) is 3. The third-order valence-corrected chi connectivity index (χ3v) is 2.58. The Labute approximate surface area is 100 Å². The number of nitrogens with zero attached hydrogens (tertiary/aromatic N) is 2. The minimum Gasteiger partial charge on any atom is -0.306 e. The molecule has 1 heterocycles. The van der Waals surface area contributed by atoms with E-state index in [1.807, 2.05) is 6.07 Å². The summed E-state index contributed by atoms with van der Waals surface area (Å²) in [6.07, 6.45) is 1.44. The topological polar surface area (TPSA) is 53.6 Å². The van der Waals surface area contributed by atoms with Crippen molar-refractivity contribution in [3.8, 4) is 0 Å². The van der Waals surface area contributed by atoms with E-state index in [2.05, 4.69) is 36.4 Å². The number of hydrogen-bond donors (Lipinski definition) is 2. The summed E-state index contributed by atoms with van der Waals surface area (Å²) in [5.41, 5.74) is 0.628. The molecule has 1 aromatic heterocycles. The number of nitrogens with one attached hydrogen (secondary N) is 2. The molecule has 1 aromatic carbocycles. The first kappa shape index (κ1) is 11.2. The second-order valence-corrected chi connectivity index (χ2v) is 4.19. The molecule has 0 saturated heterocycles. The predicted octanol–water partition coefficient (Wildman–Crippen LogP) is 2.00. The van der Waals surface area contributed by atoms with Crippen LogP contribution in [-0.4, -0.2) is 15.2 Å². The molecule has 0 spiro atoms. The maximum Gasteiger partial charge on any atom is 0.138 e. The first-order valence-electron chi connectivity index (χ1n) is 4.74. The summed E-state index contributed by atoms with van der Waals surface area (Å²) in [5.74, 6) is 0.511. The summed E-state index contributed by atoms with van der Waals surface area (Å²) in [6.45, 7) is 0.995. The van der Waals surface area contributed by atoms with Crippen LogP contribution in [-0.2, 0) is 13.1 Å². The van der Waals surface area contributed by atoms with Gasteiger partial charge >= 0.3 is 0 Å². The lowest BCUT2D eigenvalue weighted by atomic mass is 10.2. The first-order chi connectivity index (χ1) is 7.75. The van der Waals surface area contributed by atoms with Crippen molar-refractivity contribution in [1.29, 1.82) is 0 Å². The van der Waals surface area contributed by atoms with Gasteiger partial charge in [-0.2, -0.15) is 5.10 Å². The average Bonchev–Trinajstić information content (AvgIpc) is 2.74. The first-order valence-corrected chi connectivity index (χ1v) is 5.54. The maximum absolute atomic E-state index is 13.4. The molecular formula is C10H10BrFN4. The van der Waals surface area contributed by atoms with Gasteiger partial charge in [0.1, 0.15) is 18.0 Å². The van der Waals surface area contributed by atoms with E-state index in [-0.39, 0.29) is 5.82 Å². The molecule has 2 rings (SSSR count). The van der Waals surface area contributed by atoms with Gasteiger partial charge in [-0.3, -0.25) is 5.10 Å². The molecule has 0 fully saturated rings. The van der Waals surface area contributed by atoms with E-state index < -0.39 is 0 Å². The van der Waals surface area contributed by atoms with Gasteiger partial charge in [0.25, 0.3) is 0 Å². The summed E-state index contributed by atoms with van der Waals surface area (Å²) in [6, 6.07) is 5.01. The lowest BCUT2D eigenvalue weighted by molar-refractivity contribution is 0.582. The monoisotopic (exact) mass is 284 g/mol. The Hall–Kier alpha value is -1.27. The largest absolute Gasteiger partial charge is 0.306 e. The van der Waals surface area contributed by atoms with Gasteiger partial charge in [-0.25, -0.2) is 9.37 Å². The van der Waals surface area contributed by atoms with Crippen LogP contribution >= 0.6 is 15.9 Å². The minimum atomic E-state index is -0.223. The molecule has 0 amide bonds. The molecule has 0 aliphatic rings.